The minimum Gasteiger partial charge on any atom is -1.00 e. The molecular formula is C24H25Cl2OTi-3. The van der Waals surface area contributed by atoms with E-state index in [-0.39, 0.29) is 51.9 Å². The summed E-state index contributed by atoms with van der Waals surface area (Å²) < 4.78 is 0. The first-order valence-corrected chi connectivity index (χ1v) is 8.73. The summed E-state index contributed by atoms with van der Waals surface area (Å²) in [5.41, 5.74) is 7.92. The Hall–Kier alpha value is -1.25. The van der Waals surface area contributed by atoms with E-state index in [1.807, 2.05) is 19.1 Å². The van der Waals surface area contributed by atoms with Crippen molar-refractivity contribution in [3.05, 3.63) is 89.0 Å². The molecule has 3 aromatic rings. The topological polar surface area (TPSA) is 20.2 Å². The summed E-state index contributed by atoms with van der Waals surface area (Å²) in [6.07, 6.45) is 1.05. The summed E-state index contributed by atoms with van der Waals surface area (Å²) in [7, 11) is 0. The Morgan fingerprint density at radius 3 is 2.18 bits per heavy atom. The van der Waals surface area contributed by atoms with Crippen molar-refractivity contribution in [3.8, 4) is 16.9 Å². The van der Waals surface area contributed by atoms with E-state index in [1.165, 1.54) is 27.8 Å². The molecule has 0 saturated heterocycles. The van der Waals surface area contributed by atoms with Gasteiger partial charge in [-0.2, -0.15) is 29.8 Å². The number of fused-ring (bicyclic) bond motifs is 3. The number of rotatable bonds is 0. The van der Waals surface area contributed by atoms with Crippen molar-refractivity contribution >= 4 is 0 Å². The summed E-state index contributed by atoms with van der Waals surface area (Å²) in [6.45, 7) is 8.42. The van der Waals surface area contributed by atoms with E-state index < -0.39 is 0 Å². The molecule has 0 unspecified atom stereocenters. The van der Waals surface area contributed by atoms with Gasteiger partial charge in [0.15, 0.2) is 0 Å². The quantitative estimate of drug-likeness (QED) is 0.298. The van der Waals surface area contributed by atoms with Gasteiger partial charge in [0.2, 0.25) is 0 Å². The Bertz CT molecular complexity index is 837. The molecule has 0 bridgehead atoms. The molecule has 0 aliphatic heterocycles. The molecule has 0 spiro atoms. The van der Waals surface area contributed by atoms with Crippen molar-refractivity contribution in [2.45, 2.75) is 39.5 Å². The predicted molar refractivity (Wildman–Crippen MR) is 105 cm³/mol. The van der Waals surface area contributed by atoms with Gasteiger partial charge in [0, 0.05) is 21.7 Å². The zero-order chi connectivity index (χ0) is 18.0. The monoisotopic (exact) mass is 447 g/mol. The largest absolute Gasteiger partial charge is 1.00 e. The van der Waals surface area contributed by atoms with Gasteiger partial charge in [0.05, 0.1) is 0 Å². The SMILES string of the molecule is Cc1cc(O)cc(C(C)(C)C)c1.[Cl-].[Cl-].[Ti].[c-]1cccc2c1Cc1ccccc1-2. The maximum Gasteiger partial charge on any atom is 0.116 e. The van der Waals surface area contributed by atoms with E-state index >= 15 is 0 Å². The molecular weight excluding hydrogens is 423 g/mol. The van der Waals surface area contributed by atoms with Crippen LogP contribution in [0.1, 0.15) is 43.0 Å². The van der Waals surface area contributed by atoms with Crippen LogP contribution in [0, 0.1) is 13.0 Å². The normalized spacial score (nSPS) is 10.7. The van der Waals surface area contributed by atoms with E-state index in [0.717, 1.165) is 12.0 Å². The van der Waals surface area contributed by atoms with Gasteiger partial charge in [-0.15, -0.1) is 5.56 Å². The molecule has 1 aliphatic carbocycles. The molecule has 1 N–H and O–H groups in total. The number of halogens is 2. The number of phenols is 1. The Kier molecular flexibility index (Phi) is 10.6. The Labute approximate surface area is 196 Å². The summed E-state index contributed by atoms with van der Waals surface area (Å²) >= 11 is 0. The fourth-order valence-electron chi connectivity index (χ4n) is 3.19. The number of hydrogen-bond donors (Lipinski definition) is 1. The number of benzene rings is 3. The van der Waals surface area contributed by atoms with E-state index in [9.17, 15) is 5.11 Å². The van der Waals surface area contributed by atoms with Gasteiger partial charge >= 0.3 is 0 Å². The summed E-state index contributed by atoms with van der Waals surface area (Å²) in [4.78, 5) is 0. The third kappa shape index (κ3) is 6.39. The van der Waals surface area contributed by atoms with Crippen LogP contribution in [0.3, 0.4) is 0 Å². The molecule has 1 aliphatic rings. The van der Waals surface area contributed by atoms with Crippen molar-refractivity contribution in [2.24, 2.45) is 0 Å². The van der Waals surface area contributed by atoms with Gasteiger partial charge in [0.25, 0.3) is 0 Å². The molecule has 4 heteroatoms. The van der Waals surface area contributed by atoms with Crippen LogP contribution < -0.4 is 24.8 Å². The molecule has 0 heterocycles. The molecule has 0 aromatic heterocycles. The van der Waals surface area contributed by atoms with Gasteiger partial charge in [-0.05, 0) is 42.0 Å². The van der Waals surface area contributed by atoms with Crippen LogP contribution >= 0.6 is 0 Å². The van der Waals surface area contributed by atoms with Crippen LogP contribution in [0.25, 0.3) is 11.1 Å². The maximum atomic E-state index is 9.36. The van der Waals surface area contributed by atoms with Crippen molar-refractivity contribution < 1.29 is 51.6 Å². The fraction of sp³-hybridized carbons (Fsp3) is 0.250. The van der Waals surface area contributed by atoms with Crippen LogP contribution in [-0.4, -0.2) is 5.11 Å². The Morgan fingerprint density at radius 2 is 1.54 bits per heavy atom. The Balaban J connectivity index is 0.000000472. The fourth-order valence-corrected chi connectivity index (χ4v) is 3.19. The Morgan fingerprint density at radius 1 is 0.893 bits per heavy atom. The van der Waals surface area contributed by atoms with Crippen LogP contribution in [0.4, 0.5) is 0 Å². The minimum absolute atomic E-state index is 0. The molecule has 1 nitrogen and oxygen atoms in total. The first kappa shape index (κ1) is 26.8. The van der Waals surface area contributed by atoms with Crippen LogP contribution in [0.15, 0.2) is 60.7 Å². The van der Waals surface area contributed by atoms with E-state index in [1.54, 1.807) is 6.07 Å². The van der Waals surface area contributed by atoms with Crippen molar-refractivity contribution in [3.63, 3.8) is 0 Å². The van der Waals surface area contributed by atoms with Gasteiger partial charge in [-0.1, -0.05) is 62.2 Å². The van der Waals surface area contributed by atoms with Crippen LogP contribution in [0.2, 0.25) is 0 Å². The number of phenolic OH excluding ortho intramolecular Hbond substituents is 1. The standard InChI is InChI=1S/C13H9.C11H16O.2ClH.Ti/c1-3-7-12-10(5-1)9-11-6-2-4-8-13(11)12;1-8-5-9(11(2,3)4)7-10(12)6-8;;;/h1-5,7-8H,9H2;5-7,12H,1-4H3;2*1H;/q-1;;;;/p-2. The van der Waals surface area contributed by atoms with Gasteiger partial charge in [-0.3, -0.25) is 0 Å². The average Bonchev–Trinajstić information content (AvgIpc) is 2.92. The first-order chi connectivity index (χ1) is 11.8. The average molecular weight is 448 g/mol. The molecule has 0 fully saturated rings. The minimum atomic E-state index is 0. The molecule has 0 atom stereocenters. The molecule has 0 saturated carbocycles. The zero-order valence-corrected chi connectivity index (χ0v) is 19.8. The molecule has 148 valence electrons. The molecule has 3 aromatic carbocycles. The first-order valence-electron chi connectivity index (χ1n) is 8.73. The second kappa shape index (κ2) is 11.1. The van der Waals surface area contributed by atoms with E-state index in [0.29, 0.717) is 5.75 Å². The van der Waals surface area contributed by atoms with Gasteiger partial charge in [-0.25, -0.2) is 0 Å². The maximum absolute atomic E-state index is 9.36. The second-order valence-corrected chi connectivity index (χ2v) is 7.70. The summed E-state index contributed by atoms with van der Waals surface area (Å²) in [6, 6.07) is 23.8. The molecule has 0 radical (unpaired) electrons. The smallest absolute Gasteiger partial charge is 0.116 e. The zero-order valence-electron chi connectivity index (χ0n) is 16.7. The summed E-state index contributed by atoms with van der Waals surface area (Å²) in [5.74, 6) is 0.361. The van der Waals surface area contributed by atoms with Crippen LogP contribution in [-0.2, 0) is 33.6 Å². The molecule has 4 rings (SSSR count). The molecule has 0 amide bonds. The number of aromatic hydroxyl groups is 1. The van der Waals surface area contributed by atoms with Crippen molar-refractivity contribution in [2.75, 3.05) is 0 Å². The second-order valence-electron chi connectivity index (χ2n) is 7.70. The third-order valence-corrected chi connectivity index (χ3v) is 4.54. The third-order valence-electron chi connectivity index (χ3n) is 4.54. The number of aryl methyl sites for hydroxylation is 1. The van der Waals surface area contributed by atoms with E-state index in [4.69, 9.17) is 0 Å². The molecule has 28 heavy (non-hydrogen) atoms. The van der Waals surface area contributed by atoms with Crippen molar-refractivity contribution in [1.82, 2.24) is 0 Å². The number of hydrogen-bond acceptors (Lipinski definition) is 1. The van der Waals surface area contributed by atoms with E-state index in [2.05, 4.69) is 69.3 Å². The van der Waals surface area contributed by atoms with Crippen LogP contribution in [0.5, 0.6) is 5.75 Å². The summed E-state index contributed by atoms with van der Waals surface area (Å²) in [5, 5.41) is 9.36. The van der Waals surface area contributed by atoms with Gasteiger partial charge < -0.3 is 29.9 Å². The van der Waals surface area contributed by atoms with Crippen molar-refractivity contribution in [1.29, 1.82) is 0 Å². The van der Waals surface area contributed by atoms with Gasteiger partial charge in [0.1, 0.15) is 5.75 Å². The predicted octanol–water partition coefficient (Wildman–Crippen LogP) is 0.0616.